The molecular formula is C19H19Br2N3OS. The van der Waals surface area contributed by atoms with Crippen LogP contribution in [0.4, 0.5) is 0 Å². The number of amides is 1. The number of hydrogen-bond acceptors (Lipinski definition) is 3. The molecule has 0 radical (unpaired) electrons. The molecule has 4 nitrogen and oxygen atoms in total. The molecule has 1 aromatic carbocycles. The van der Waals surface area contributed by atoms with Crippen LogP contribution in [0.2, 0.25) is 0 Å². The van der Waals surface area contributed by atoms with E-state index >= 15 is 0 Å². The average Bonchev–Trinajstić information content (AvgIpc) is 3.37. The van der Waals surface area contributed by atoms with Crippen molar-refractivity contribution in [1.82, 2.24) is 15.2 Å². The van der Waals surface area contributed by atoms with Gasteiger partial charge in [-0.05, 0) is 81.4 Å². The van der Waals surface area contributed by atoms with E-state index in [4.69, 9.17) is 0 Å². The number of carbonyl (C=O) groups excluding carboxylic acids is 1. The van der Waals surface area contributed by atoms with Crippen LogP contribution in [0.1, 0.15) is 34.1 Å². The van der Waals surface area contributed by atoms with Crippen LogP contribution in [0.25, 0.3) is 10.9 Å². The third kappa shape index (κ3) is 3.63. The monoisotopic (exact) mass is 495 g/mol. The standard InChI is InChI=1S/C19H19Br2N3OS/c20-14-8-12-13(10-22-16(12)9-15(14)21)19(25)23-11-17(18-4-3-7-26-18)24-5-1-2-6-24/h3-4,7-10,17,22H,1-2,5-6,11H2,(H,23,25). The number of nitrogens with zero attached hydrogens (tertiary/aromatic N) is 1. The summed E-state index contributed by atoms with van der Waals surface area (Å²) in [5, 5.41) is 6.18. The van der Waals surface area contributed by atoms with Crippen molar-refractivity contribution in [1.29, 1.82) is 0 Å². The molecule has 1 aliphatic heterocycles. The highest BCUT2D eigenvalue weighted by molar-refractivity contribution is 9.13. The molecule has 2 aromatic heterocycles. The number of carbonyl (C=O) groups is 1. The molecule has 0 aliphatic carbocycles. The second-order valence-corrected chi connectivity index (χ2v) is 9.19. The number of aromatic nitrogens is 1. The summed E-state index contributed by atoms with van der Waals surface area (Å²) in [5.74, 6) is -0.0359. The van der Waals surface area contributed by atoms with Gasteiger partial charge in [-0.2, -0.15) is 0 Å². The number of thiophene rings is 1. The number of aromatic amines is 1. The van der Waals surface area contributed by atoms with Gasteiger partial charge in [0.25, 0.3) is 5.91 Å². The SMILES string of the molecule is O=C(NCC(c1cccs1)N1CCCC1)c1c[nH]c2cc(Br)c(Br)cc12. The zero-order valence-corrected chi connectivity index (χ0v) is 18.1. The quantitative estimate of drug-likeness (QED) is 0.502. The second kappa shape index (κ2) is 7.84. The fourth-order valence-corrected chi connectivity index (χ4v) is 5.08. The number of hydrogen-bond donors (Lipinski definition) is 2. The van der Waals surface area contributed by atoms with Crippen LogP contribution in [0.3, 0.4) is 0 Å². The van der Waals surface area contributed by atoms with E-state index < -0.39 is 0 Å². The van der Waals surface area contributed by atoms with Gasteiger partial charge in [0.15, 0.2) is 0 Å². The van der Waals surface area contributed by atoms with E-state index in [0.717, 1.165) is 32.9 Å². The highest BCUT2D eigenvalue weighted by Crippen LogP contribution is 2.31. The van der Waals surface area contributed by atoms with Crippen LogP contribution in [0, 0.1) is 0 Å². The predicted octanol–water partition coefficient (Wildman–Crippen LogP) is 5.32. The summed E-state index contributed by atoms with van der Waals surface area (Å²) in [6, 6.07) is 8.46. The minimum absolute atomic E-state index is 0.0359. The van der Waals surface area contributed by atoms with Gasteiger partial charge in [-0.1, -0.05) is 6.07 Å². The van der Waals surface area contributed by atoms with Gasteiger partial charge in [-0.25, -0.2) is 0 Å². The number of H-pyrrole nitrogens is 1. The molecule has 7 heteroatoms. The Kier molecular flexibility index (Phi) is 5.50. The van der Waals surface area contributed by atoms with Gasteiger partial charge in [0, 0.05) is 37.5 Å². The molecule has 0 spiro atoms. The summed E-state index contributed by atoms with van der Waals surface area (Å²) in [7, 11) is 0. The topological polar surface area (TPSA) is 48.1 Å². The summed E-state index contributed by atoms with van der Waals surface area (Å²) in [6.45, 7) is 2.84. The Bertz CT molecular complexity index is 916. The van der Waals surface area contributed by atoms with Gasteiger partial charge >= 0.3 is 0 Å². The van der Waals surface area contributed by atoms with Crippen molar-refractivity contribution in [2.45, 2.75) is 18.9 Å². The first-order chi connectivity index (χ1) is 12.6. The molecule has 0 saturated carbocycles. The van der Waals surface area contributed by atoms with E-state index in [1.165, 1.54) is 17.7 Å². The molecule has 1 fully saturated rings. The fourth-order valence-electron chi connectivity index (χ4n) is 3.53. The first-order valence-corrected chi connectivity index (χ1v) is 11.1. The van der Waals surface area contributed by atoms with Crippen LogP contribution in [0.15, 0.2) is 44.8 Å². The van der Waals surface area contributed by atoms with Crippen LogP contribution >= 0.6 is 43.2 Å². The Balaban J connectivity index is 1.53. The van der Waals surface area contributed by atoms with Crippen molar-refractivity contribution in [3.05, 3.63) is 55.2 Å². The lowest BCUT2D eigenvalue weighted by molar-refractivity contribution is 0.0940. The summed E-state index contributed by atoms with van der Waals surface area (Å²) in [4.78, 5) is 19.8. The number of likely N-dealkylation sites (tertiary alicyclic amines) is 1. The van der Waals surface area contributed by atoms with Crippen molar-refractivity contribution in [2.75, 3.05) is 19.6 Å². The van der Waals surface area contributed by atoms with Crippen LogP contribution < -0.4 is 5.32 Å². The highest BCUT2D eigenvalue weighted by Gasteiger charge is 2.25. The Morgan fingerprint density at radius 2 is 2.04 bits per heavy atom. The van der Waals surface area contributed by atoms with Gasteiger partial charge in [-0.3, -0.25) is 9.69 Å². The zero-order chi connectivity index (χ0) is 18.1. The lowest BCUT2D eigenvalue weighted by Crippen LogP contribution is -2.36. The third-order valence-corrected chi connectivity index (χ3v) is 7.69. The highest BCUT2D eigenvalue weighted by atomic mass is 79.9. The molecule has 26 heavy (non-hydrogen) atoms. The molecule has 1 unspecified atom stereocenters. The lowest BCUT2D eigenvalue weighted by Gasteiger charge is -2.26. The summed E-state index contributed by atoms with van der Waals surface area (Å²) in [5.41, 5.74) is 1.62. The summed E-state index contributed by atoms with van der Waals surface area (Å²) in [6.07, 6.45) is 4.26. The van der Waals surface area contributed by atoms with Gasteiger partial charge < -0.3 is 10.3 Å². The maximum atomic E-state index is 12.8. The maximum absolute atomic E-state index is 12.8. The Morgan fingerprint density at radius 3 is 2.77 bits per heavy atom. The fraction of sp³-hybridized carbons (Fsp3) is 0.316. The van der Waals surface area contributed by atoms with Crippen molar-refractivity contribution < 1.29 is 4.79 Å². The first-order valence-electron chi connectivity index (χ1n) is 8.65. The molecule has 1 amide bonds. The molecule has 3 aromatic rings. The van der Waals surface area contributed by atoms with Crippen LogP contribution in [0.5, 0.6) is 0 Å². The molecule has 1 atom stereocenters. The van der Waals surface area contributed by atoms with Crippen molar-refractivity contribution in [3.63, 3.8) is 0 Å². The van der Waals surface area contributed by atoms with E-state index in [9.17, 15) is 4.79 Å². The molecule has 3 heterocycles. The Hall–Kier alpha value is -1.15. The zero-order valence-electron chi connectivity index (χ0n) is 14.1. The van der Waals surface area contributed by atoms with E-state index in [1.807, 2.05) is 12.1 Å². The molecule has 2 N–H and O–H groups in total. The number of halogens is 2. The smallest absolute Gasteiger partial charge is 0.253 e. The van der Waals surface area contributed by atoms with E-state index in [2.05, 4.69) is 64.6 Å². The number of nitrogens with one attached hydrogen (secondary N) is 2. The largest absolute Gasteiger partial charge is 0.360 e. The number of benzene rings is 1. The molecule has 1 saturated heterocycles. The Morgan fingerprint density at radius 1 is 1.27 bits per heavy atom. The van der Waals surface area contributed by atoms with E-state index in [0.29, 0.717) is 12.1 Å². The van der Waals surface area contributed by atoms with Gasteiger partial charge in [0.2, 0.25) is 0 Å². The van der Waals surface area contributed by atoms with Crippen molar-refractivity contribution >= 4 is 60.0 Å². The minimum Gasteiger partial charge on any atom is -0.360 e. The maximum Gasteiger partial charge on any atom is 0.253 e. The van der Waals surface area contributed by atoms with Crippen molar-refractivity contribution in [2.24, 2.45) is 0 Å². The van der Waals surface area contributed by atoms with Crippen LogP contribution in [-0.2, 0) is 0 Å². The first kappa shape index (κ1) is 18.2. The van der Waals surface area contributed by atoms with E-state index in [1.54, 1.807) is 17.5 Å². The molecule has 0 bridgehead atoms. The average molecular weight is 497 g/mol. The molecule has 4 rings (SSSR count). The van der Waals surface area contributed by atoms with Crippen molar-refractivity contribution in [3.8, 4) is 0 Å². The van der Waals surface area contributed by atoms with Gasteiger partial charge in [0.1, 0.15) is 0 Å². The third-order valence-electron chi connectivity index (χ3n) is 4.88. The molecule has 136 valence electrons. The van der Waals surface area contributed by atoms with Gasteiger partial charge in [0.05, 0.1) is 11.6 Å². The summed E-state index contributed by atoms with van der Waals surface area (Å²) >= 11 is 8.78. The van der Waals surface area contributed by atoms with Gasteiger partial charge in [-0.15, -0.1) is 11.3 Å². The summed E-state index contributed by atoms with van der Waals surface area (Å²) < 4.78 is 1.90. The Labute approximate surface area is 173 Å². The molecule has 1 aliphatic rings. The minimum atomic E-state index is -0.0359. The lowest BCUT2D eigenvalue weighted by atomic mass is 10.1. The molecular weight excluding hydrogens is 478 g/mol. The second-order valence-electron chi connectivity index (χ2n) is 6.50. The number of rotatable bonds is 5. The normalized spacial score (nSPS) is 16.2. The van der Waals surface area contributed by atoms with Crippen LogP contribution in [-0.4, -0.2) is 35.4 Å². The predicted molar refractivity (Wildman–Crippen MR) is 114 cm³/mol. The van der Waals surface area contributed by atoms with E-state index in [-0.39, 0.29) is 11.9 Å². The number of fused-ring (bicyclic) bond motifs is 1.